The lowest BCUT2D eigenvalue weighted by Gasteiger charge is -2.23. The molecule has 4 rings (SSSR count). The highest BCUT2D eigenvalue weighted by molar-refractivity contribution is 6.07. The molecule has 0 saturated carbocycles. The molecule has 5 heteroatoms. The highest BCUT2D eigenvalue weighted by Crippen LogP contribution is 2.33. The van der Waals surface area contributed by atoms with Gasteiger partial charge in [0.2, 0.25) is 5.91 Å². The minimum atomic E-state index is -0.533. The Hall–Kier alpha value is -2.66. The summed E-state index contributed by atoms with van der Waals surface area (Å²) in [4.78, 5) is 29.7. The maximum Gasteiger partial charge on any atom is 0.254 e. The fraction of sp³-hybridized carbons (Fsp3) is 0.440. The lowest BCUT2D eigenvalue weighted by Crippen LogP contribution is -2.35. The molecule has 1 unspecified atom stereocenters. The van der Waals surface area contributed by atoms with Gasteiger partial charge in [0, 0.05) is 26.2 Å². The number of primary amides is 1. The van der Waals surface area contributed by atoms with Crippen LogP contribution in [0, 0.1) is 25.7 Å². The van der Waals surface area contributed by atoms with E-state index in [1.807, 2.05) is 24.8 Å². The van der Waals surface area contributed by atoms with Gasteiger partial charge in [0.1, 0.15) is 0 Å². The molecule has 0 bridgehead atoms. The predicted molar refractivity (Wildman–Crippen MR) is 119 cm³/mol. The van der Waals surface area contributed by atoms with E-state index in [1.54, 1.807) is 6.07 Å². The second kappa shape index (κ2) is 8.60. The van der Waals surface area contributed by atoms with Crippen LogP contribution in [0.25, 0.3) is 0 Å². The summed E-state index contributed by atoms with van der Waals surface area (Å²) in [5.41, 5.74) is 9.56. The van der Waals surface area contributed by atoms with Gasteiger partial charge in [-0.2, -0.15) is 0 Å². The molecule has 2 aromatic rings. The van der Waals surface area contributed by atoms with Gasteiger partial charge in [-0.3, -0.25) is 9.59 Å². The topological polar surface area (TPSA) is 66.6 Å². The van der Waals surface area contributed by atoms with Crippen molar-refractivity contribution < 1.29 is 9.59 Å². The number of aryl methyl sites for hydroxylation is 3. The summed E-state index contributed by atoms with van der Waals surface area (Å²) >= 11 is 0. The van der Waals surface area contributed by atoms with Gasteiger partial charge in [0.05, 0.1) is 11.1 Å². The van der Waals surface area contributed by atoms with E-state index in [-0.39, 0.29) is 5.91 Å². The molecule has 2 N–H and O–H groups in total. The molecule has 2 aliphatic rings. The summed E-state index contributed by atoms with van der Waals surface area (Å²) in [6.07, 6.45) is 2.27. The lowest BCUT2D eigenvalue weighted by molar-refractivity contribution is 0.0767. The minimum Gasteiger partial charge on any atom is -0.366 e. The maximum atomic E-state index is 13.3. The van der Waals surface area contributed by atoms with Crippen LogP contribution >= 0.6 is 0 Å². The van der Waals surface area contributed by atoms with Gasteiger partial charge in [-0.25, -0.2) is 0 Å². The quantitative estimate of drug-likeness (QED) is 0.803. The molecule has 2 saturated heterocycles. The van der Waals surface area contributed by atoms with Gasteiger partial charge in [-0.05, 0) is 62.3 Å². The van der Waals surface area contributed by atoms with Crippen LogP contribution in [0.5, 0.6) is 0 Å². The van der Waals surface area contributed by atoms with Crippen molar-refractivity contribution in [3.8, 4) is 0 Å². The minimum absolute atomic E-state index is 0.0497. The first-order valence-corrected chi connectivity index (χ1v) is 10.9. The molecule has 0 aromatic heterocycles. The van der Waals surface area contributed by atoms with Crippen LogP contribution in [-0.2, 0) is 6.42 Å². The number of benzene rings is 2. The van der Waals surface area contributed by atoms with Crippen molar-refractivity contribution >= 4 is 11.8 Å². The van der Waals surface area contributed by atoms with Crippen LogP contribution in [0.4, 0.5) is 0 Å². The number of hydrogen-bond donors (Lipinski definition) is 1. The van der Waals surface area contributed by atoms with Gasteiger partial charge in [0.15, 0.2) is 0 Å². The molecule has 30 heavy (non-hydrogen) atoms. The van der Waals surface area contributed by atoms with Crippen LogP contribution in [0.1, 0.15) is 43.8 Å². The van der Waals surface area contributed by atoms with E-state index in [0.717, 1.165) is 56.7 Å². The van der Waals surface area contributed by atoms with Gasteiger partial charge in [-0.15, -0.1) is 0 Å². The van der Waals surface area contributed by atoms with Crippen LogP contribution in [0.15, 0.2) is 42.5 Å². The third-order valence-corrected chi connectivity index (χ3v) is 6.59. The maximum absolute atomic E-state index is 13.3. The molecule has 0 radical (unpaired) electrons. The van der Waals surface area contributed by atoms with E-state index in [4.69, 9.17) is 5.73 Å². The highest BCUT2D eigenvalue weighted by atomic mass is 16.2. The zero-order valence-corrected chi connectivity index (χ0v) is 17.9. The Balaban J connectivity index is 1.34. The molecule has 0 aliphatic carbocycles. The zero-order valence-electron chi connectivity index (χ0n) is 17.9. The van der Waals surface area contributed by atoms with Crippen molar-refractivity contribution in [3.05, 3.63) is 70.3 Å². The largest absolute Gasteiger partial charge is 0.366 e. The Kier molecular flexibility index (Phi) is 5.91. The van der Waals surface area contributed by atoms with E-state index in [2.05, 4.69) is 35.2 Å². The number of nitrogens with zero attached hydrogens (tertiary/aromatic N) is 2. The zero-order chi connectivity index (χ0) is 21.3. The molecule has 5 nitrogen and oxygen atoms in total. The monoisotopic (exact) mass is 405 g/mol. The molecule has 2 fully saturated rings. The Morgan fingerprint density at radius 3 is 2.30 bits per heavy atom. The number of likely N-dealkylation sites (tertiary alicyclic amines) is 2. The summed E-state index contributed by atoms with van der Waals surface area (Å²) in [7, 11) is 0. The summed E-state index contributed by atoms with van der Waals surface area (Å²) in [6, 6.07) is 14.3. The number of hydrogen-bond acceptors (Lipinski definition) is 3. The van der Waals surface area contributed by atoms with Gasteiger partial charge in [0.25, 0.3) is 5.91 Å². The standard InChI is InChI=1S/C25H31N3O2/c1-17-11-18(2)23(22(12-17)24(26)29)25(30)28-15-20-13-27(14-21(20)16-28)10-6-9-19-7-4-3-5-8-19/h3-5,7-8,11-12,20-21H,6,9-10,13-16H2,1-2H3,(H2,26,29)/t20-,21?/m0/s1. The second-order valence-electron chi connectivity index (χ2n) is 8.95. The summed E-state index contributed by atoms with van der Waals surface area (Å²) in [6.45, 7) is 8.56. The average molecular weight is 406 g/mol. The first kappa shape index (κ1) is 20.6. The Morgan fingerprint density at radius 2 is 1.67 bits per heavy atom. The van der Waals surface area contributed by atoms with Crippen LogP contribution in [-0.4, -0.2) is 54.3 Å². The Labute approximate surface area is 178 Å². The van der Waals surface area contributed by atoms with Crippen molar-refractivity contribution in [2.45, 2.75) is 26.7 Å². The third kappa shape index (κ3) is 4.26. The molecular weight excluding hydrogens is 374 g/mol. The number of carbonyl (C=O) groups is 2. The van der Waals surface area contributed by atoms with E-state index in [1.165, 1.54) is 5.56 Å². The van der Waals surface area contributed by atoms with Crippen LogP contribution in [0.2, 0.25) is 0 Å². The van der Waals surface area contributed by atoms with E-state index in [9.17, 15) is 9.59 Å². The lowest BCUT2D eigenvalue weighted by atomic mass is 9.97. The van der Waals surface area contributed by atoms with Crippen molar-refractivity contribution in [2.24, 2.45) is 17.6 Å². The fourth-order valence-corrected chi connectivity index (χ4v) is 5.19. The highest BCUT2D eigenvalue weighted by Gasteiger charge is 2.42. The molecule has 2 aliphatic heterocycles. The fourth-order valence-electron chi connectivity index (χ4n) is 5.19. The third-order valence-electron chi connectivity index (χ3n) is 6.59. The average Bonchev–Trinajstić information content (AvgIpc) is 3.26. The Bertz CT molecular complexity index is 927. The van der Waals surface area contributed by atoms with E-state index < -0.39 is 5.91 Å². The van der Waals surface area contributed by atoms with E-state index >= 15 is 0 Å². The van der Waals surface area contributed by atoms with Crippen LogP contribution < -0.4 is 5.73 Å². The number of rotatable bonds is 6. The number of fused-ring (bicyclic) bond motifs is 1. The van der Waals surface area contributed by atoms with Crippen molar-refractivity contribution in [2.75, 3.05) is 32.7 Å². The van der Waals surface area contributed by atoms with Crippen LogP contribution in [0.3, 0.4) is 0 Å². The van der Waals surface area contributed by atoms with Gasteiger partial charge in [-0.1, -0.05) is 42.0 Å². The second-order valence-corrected chi connectivity index (χ2v) is 8.95. The van der Waals surface area contributed by atoms with Gasteiger partial charge < -0.3 is 15.5 Å². The summed E-state index contributed by atoms with van der Waals surface area (Å²) in [5.74, 6) is 0.461. The number of amides is 2. The molecule has 0 spiro atoms. The molecule has 2 heterocycles. The van der Waals surface area contributed by atoms with Gasteiger partial charge >= 0.3 is 0 Å². The SMILES string of the molecule is Cc1cc(C)c(C(=O)N2CC3CN(CCCc4ccccc4)C[C@H]3C2)c(C(N)=O)c1. The summed E-state index contributed by atoms with van der Waals surface area (Å²) in [5, 5.41) is 0. The molecular formula is C25H31N3O2. The number of carbonyl (C=O) groups excluding carboxylic acids is 2. The molecule has 158 valence electrons. The van der Waals surface area contributed by atoms with E-state index in [0.29, 0.717) is 23.0 Å². The smallest absolute Gasteiger partial charge is 0.254 e. The van der Waals surface area contributed by atoms with Crippen molar-refractivity contribution in [1.29, 1.82) is 0 Å². The molecule has 2 aromatic carbocycles. The normalized spacial score (nSPS) is 21.1. The van der Waals surface area contributed by atoms with Crippen molar-refractivity contribution in [3.63, 3.8) is 0 Å². The first-order valence-electron chi connectivity index (χ1n) is 10.9. The summed E-state index contributed by atoms with van der Waals surface area (Å²) < 4.78 is 0. The molecule has 2 amide bonds. The van der Waals surface area contributed by atoms with Crippen molar-refractivity contribution in [1.82, 2.24) is 9.80 Å². The number of nitrogens with two attached hydrogens (primary N) is 1. The first-order chi connectivity index (χ1) is 14.4. The Morgan fingerprint density at radius 1 is 1.00 bits per heavy atom. The predicted octanol–water partition coefficient (Wildman–Crippen LogP) is 3.04. The molecule has 2 atom stereocenters.